The minimum absolute atomic E-state index is 0.147. The van der Waals surface area contributed by atoms with Crippen molar-refractivity contribution in [1.29, 1.82) is 0 Å². The van der Waals surface area contributed by atoms with Crippen LogP contribution in [-0.4, -0.2) is 68.4 Å². The lowest BCUT2D eigenvalue weighted by Crippen LogP contribution is -2.31. The average molecular weight is 455 g/mol. The van der Waals surface area contributed by atoms with Crippen molar-refractivity contribution in [2.45, 2.75) is 46.0 Å². The van der Waals surface area contributed by atoms with Crippen LogP contribution in [-0.2, 0) is 11.2 Å². The Morgan fingerprint density at radius 3 is 2.79 bits per heavy atom. The van der Waals surface area contributed by atoms with Gasteiger partial charge in [0.25, 0.3) is 5.95 Å². The fourth-order valence-electron chi connectivity index (χ4n) is 5.26. The molecule has 0 saturated carbocycles. The molecule has 1 aromatic carbocycles. The number of para-hydroxylation sites is 1. The summed E-state index contributed by atoms with van der Waals surface area (Å²) in [6.07, 6.45) is 2.87. The van der Waals surface area contributed by atoms with Crippen LogP contribution in [0.5, 0.6) is 0 Å². The predicted octanol–water partition coefficient (Wildman–Crippen LogP) is 3.40. The lowest BCUT2D eigenvalue weighted by molar-refractivity contribution is -0.127. The van der Waals surface area contributed by atoms with Gasteiger partial charge < -0.3 is 14.3 Å². The van der Waals surface area contributed by atoms with E-state index < -0.39 is 0 Å². The summed E-state index contributed by atoms with van der Waals surface area (Å²) < 4.78 is 21.7. The standard InChI is InChI=1S/C24H31FN6O2/c1-15(2)22-19-5-4-6-20(25)23(19)31(27-22)24-26-21(33-28-24)11-17-7-9-29(12-17)13-18-8-10-30(14-18)16(3)32/h4-6,15,17-18H,7-14H2,1-3H3/t17-,18-/m1/s1. The Morgan fingerprint density at radius 1 is 1.21 bits per heavy atom. The molecule has 2 saturated heterocycles. The third-order valence-corrected chi connectivity index (χ3v) is 6.96. The molecule has 9 heteroatoms. The highest BCUT2D eigenvalue weighted by Gasteiger charge is 2.30. The summed E-state index contributed by atoms with van der Waals surface area (Å²) >= 11 is 0. The molecule has 4 heterocycles. The fourth-order valence-corrected chi connectivity index (χ4v) is 5.26. The van der Waals surface area contributed by atoms with Gasteiger partial charge in [-0.1, -0.05) is 26.0 Å². The van der Waals surface area contributed by atoms with Gasteiger partial charge in [-0.3, -0.25) is 4.79 Å². The molecule has 2 aliphatic rings. The first-order valence-corrected chi connectivity index (χ1v) is 11.9. The molecular weight excluding hydrogens is 423 g/mol. The van der Waals surface area contributed by atoms with E-state index in [0.717, 1.165) is 56.6 Å². The van der Waals surface area contributed by atoms with E-state index in [2.05, 4.69) is 20.1 Å². The van der Waals surface area contributed by atoms with Gasteiger partial charge in [-0.2, -0.15) is 14.8 Å². The fraction of sp³-hybridized carbons (Fsp3) is 0.583. The molecular formula is C24H31FN6O2. The highest BCUT2D eigenvalue weighted by atomic mass is 19.1. The quantitative estimate of drug-likeness (QED) is 0.568. The van der Waals surface area contributed by atoms with Crippen molar-refractivity contribution in [2.24, 2.45) is 11.8 Å². The molecule has 0 radical (unpaired) electrons. The van der Waals surface area contributed by atoms with Crippen LogP contribution in [0.4, 0.5) is 4.39 Å². The maximum Gasteiger partial charge on any atom is 0.291 e. The third kappa shape index (κ3) is 4.38. The van der Waals surface area contributed by atoms with Crippen LogP contribution in [0.15, 0.2) is 22.7 Å². The van der Waals surface area contributed by atoms with E-state index in [1.165, 1.54) is 10.7 Å². The van der Waals surface area contributed by atoms with Crippen molar-refractivity contribution >= 4 is 16.8 Å². The van der Waals surface area contributed by atoms with Crippen LogP contribution in [0.1, 0.15) is 51.1 Å². The number of carbonyl (C=O) groups is 1. The first-order chi connectivity index (χ1) is 15.9. The third-order valence-electron chi connectivity index (χ3n) is 6.96. The summed E-state index contributed by atoms with van der Waals surface area (Å²) in [6, 6.07) is 5.01. The molecule has 0 bridgehead atoms. The number of carbonyl (C=O) groups excluding carboxylic acids is 1. The number of halogens is 1. The zero-order valence-corrected chi connectivity index (χ0v) is 19.5. The first-order valence-electron chi connectivity index (χ1n) is 11.9. The van der Waals surface area contributed by atoms with Crippen molar-refractivity contribution in [3.8, 4) is 5.95 Å². The van der Waals surface area contributed by atoms with Crippen molar-refractivity contribution in [3.05, 3.63) is 35.6 Å². The topological polar surface area (TPSA) is 80.3 Å². The molecule has 33 heavy (non-hydrogen) atoms. The van der Waals surface area contributed by atoms with Gasteiger partial charge in [0.1, 0.15) is 11.3 Å². The summed E-state index contributed by atoms with van der Waals surface area (Å²) in [7, 11) is 0. The monoisotopic (exact) mass is 454 g/mol. The largest absolute Gasteiger partial charge is 0.343 e. The van der Waals surface area contributed by atoms with Gasteiger partial charge >= 0.3 is 0 Å². The van der Waals surface area contributed by atoms with Crippen LogP contribution in [0.25, 0.3) is 16.9 Å². The van der Waals surface area contributed by atoms with E-state index in [4.69, 9.17) is 4.52 Å². The molecule has 0 spiro atoms. The summed E-state index contributed by atoms with van der Waals surface area (Å²) in [6.45, 7) is 10.5. The van der Waals surface area contributed by atoms with Gasteiger partial charge in [0.2, 0.25) is 11.8 Å². The number of hydrogen-bond acceptors (Lipinski definition) is 6. The van der Waals surface area contributed by atoms with E-state index in [9.17, 15) is 9.18 Å². The zero-order valence-electron chi connectivity index (χ0n) is 19.5. The van der Waals surface area contributed by atoms with Crippen LogP contribution < -0.4 is 0 Å². The Labute approximate surface area is 192 Å². The molecule has 3 aromatic rings. The Morgan fingerprint density at radius 2 is 2.03 bits per heavy atom. The lowest BCUT2D eigenvalue weighted by atomic mass is 10.1. The molecule has 2 aromatic heterocycles. The molecule has 0 unspecified atom stereocenters. The van der Waals surface area contributed by atoms with Crippen LogP contribution >= 0.6 is 0 Å². The van der Waals surface area contributed by atoms with E-state index in [0.29, 0.717) is 29.7 Å². The molecule has 2 aliphatic heterocycles. The maximum absolute atomic E-state index is 14.6. The van der Waals surface area contributed by atoms with Crippen molar-refractivity contribution < 1.29 is 13.7 Å². The van der Waals surface area contributed by atoms with E-state index >= 15 is 0 Å². The zero-order chi connectivity index (χ0) is 23.1. The second-order valence-corrected chi connectivity index (χ2v) is 9.81. The molecule has 2 fully saturated rings. The maximum atomic E-state index is 14.6. The number of amides is 1. The summed E-state index contributed by atoms with van der Waals surface area (Å²) in [5.74, 6) is 1.81. The molecule has 176 valence electrons. The van der Waals surface area contributed by atoms with E-state index in [1.807, 2.05) is 24.8 Å². The lowest BCUT2D eigenvalue weighted by Gasteiger charge is -2.20. The number of fused-ring (bicyclic) bond motifs is 1. The number of benzene rings is 1. The van der Waals surface area contributed by atoms with Gasteiger partial charge in [0, 0.05) is 44.9 Å². The Bertz CT molecular complexity index is 1160. The minimum Gasteiger partial charge on any atom is -0.343 e. The normalized spacial score (nSPS) is 21.7. The SMILES string of the molecule is CC(=O)N1CC[C@H](CN2CC[C@H](Cc3nc(-n4nc(C(C)C)c5cccc(F)c54)no3)C2)C1. The molecule has 1 amide bonds. The number of likely N-dealkylation sites (tertiary alicyclic amines) is 2. The predicted molar refractivity (Wildman–Crippen MR) is 122 cm³/mol. The van der Waals surface area contributed by atoms with Gasteiger partial charge in [-0.15, -0.1) is 0 Å². The number of nitrogens with zero attached hydrogens (tertiary/aromatic N) is 6. The highest BCUT2D eigenvalue weighted by Crippen LogP contribution is 2.29. The van der Waals surface area contributed by atoms with Gasteiger partial charge in [0.05, 0.1) is 5.69 Å². The first kappa shape index (κ1) is 22.0. The van der Waals surface area contributed by atoms with Gasteiger partial charge in [0.15, 0.2) is 0 Å². The molecule has 2 atom stereocenters. The Hall–Kier alpha value is -2.81. The molecule has 5 rings (SSSR count). The number of hydrogen-bond donors (Lipinski definition) is 0. The smallest absolute Gasteiger partial charge is 0.291 e. The van der Waals surface area contributed by atoms with Gasteiger partial charge in [-0.25, -0.2) is 4.39 Å². The van der Waals surface area contributed by atoms with E-state index in [1.54, 1.807) is 13.0 Å². The van der Waals surface area contributed by atoms with E-state index in [-0.39, 0.29) is 23.6 Å². The molecule has 8 nitrogen and oxygen atoms in total. The highest BCUT2D eigenvalue weighted by molar-refractivity contribution is 5.84. The molecule has 0 aliphatic carbocycles. The number of rotatable bonds is 6. The number of aromatic nitrogens is 4. The summed E-state index contributed by atoms with van der Waals surface area (Å²) in [4.78, 5) is 20.6. The minimum atomic E-state index is -0.347. The van der Waals surface area contributed by atoms with Crippen LogP contribution in [0.3, 0.4) is 0 Å². The summed E-state index contributed by atoms with van der Waals surface area (Å²) in [5, 5.41) is 9.50. The van der Waals surface area contributed by atoms with Gasteiger partial charge in [-0.05, 0) is 48.4 Å². The second-order valence-electron chi connectivity index (χ2n) is 9.81. The van der Waals surface area contributed by atoms with Crippen LogP contribution in [0, 0.1) is 17.7 Å². The van der Waals surface area contributed by atoms with Crippen molar-refractivity contribution in [3.63, 3.8) is 0 Å². The average Bonchev–Trinajstić information content (AvgIpc) is 3.55. The van der Waals surface area contributed by atoms with Crippen molar-refractivity contribution in [2.75, 3.05) is 32.7 Å². The molecule has 0 N–H and O–H groups in total. The Balaban J connectivity index is 1.25. The van der Waals surface area contributed by atoms with Crippen LogP contribution in [0.2, 0.25) is 0 Å². The Kier molecular flexibility index (Phi) is 5.90. The summed E-state index contributed by atoms with van der Waals surface area (Å²) in [5.41, 5.74) is 1.20. The second kappa shape index (κ2) is 8.85. The van der Waals surface area contributed by atoms with Crippen molar-refractivity contribution in [1.82, 2.24) is 29.7 Å².